The molecule has 2 aromatic heterocycles. The van der Waals surface area contributed by atoms with Gasteiger partial charge in [-0.1, -0.05) is 69.3 Å². The van der Waals surface area contributed by atoms with Crippen molar-refractivity contribution in [3.8, 4) is 11.3 Å². The SMILES string of the molecule is [2H]C([2H])(c1ccnc(-c2cccc3c2oc2cc4c(ccc5ccccc54)cc23)c1)C(C)(C)C. The van der Waals surface area contributed by atoms with Crippen LogP contribution in [0, 0.1) is 5.41 Å². The molecule has 0 N–H and O–H groups in total. The minimum Gasteiger partial charge on any atom is -0.455 e. The van der Waals surface area contributed by atoms with Gasteiger partial charge in [0.25, 0.3) is 0 Å². The van der Waals surface area contributed by atoms with Crippen LogP contribution in [0.4, 0.5) is 0 Å². The minimum absolute atomic E-state index is 0.542. The van der Waals surface area contributed by atoms with E-state index in [0.717, 1.165) is 27.5 Å². The van der Waals surface area contributed by atoms with Crippen molar-refractivity contribution in [1.29, 1.82) is 0 Å². The predicted octanol–water partition coefficient (Wildman–Crippen LogP) is 8.54. The second-order valence-corrected chi connectivity index (χ2v) is 9.45. The van der Waals surface area contributed by atoms with E-state index in [1.165, 1.54) is 21.5 Å². The molecule has 0 aliphatic carbocycles. The van der Waals surface area contributed by atoms with Crippen molar-refractivity contribution >= 4 is 43.5 Å². The molecule has 6 aromatic rings. The molecule has 0 spiro atoms. The molecule has 2 heterocycles. The van der Waals surface area contributed by atoms with E-state index < -0.39 is 11.8 Å². The van der Waals surface area contributed by atoms with Crippen LogP contribution in [-0.4, -0.2) is 4.98 Å². The fourth-order valence-corrected chi connectivity index (χ4v) is 4.59. The van der Waals surface area contributed by atoms with Gasteiger partial charge < -0.3 is 4.42 Å². The fraction of sp³-hybridized carbons (Fsp3) is 0.167. The Bertz CT molecular complexity index is 1720. The molecular formula is C30H25NO. The largest absolute Gasteiger partial charge is 0.455 e. The molecule has 156 valence electrons. The van der Waals surface area contributed by atoms with Crippen molar-refractivity contribution in [2.45, 2.75) is 27.1 Å². The molecule has 0 atom stereocenters. The maximum atomic E-state index is 8.69. The molecule has 0 bridgehead atoms. The summed E-state index contributed by atoms with van der Waals surface area (Å²) in [5.74, 6) is 0. The fourth-order valence-electron chi connectivity index (χ4n) is 4.59. The molecule has 2 heteroatoms. The van der Waals surface area contributed by atoms with Crippen LogP contribution < -0.4 is 0 Å². The second kappa shape index (κ2) is 6.93. The van der Waals surface area contributed by atoms with Gasteiger partial charge in [0.05, 0.1) is 5.69 Å². The number of furan rings is 1. The van der Waals surface area contributed by atoms with E-state index in [4.69, 9.17) is 7.16 Å². The molecule has 0 saturated heterocycles. The first-order valence-electron chi connectivity index (χ1n) is 12.0. The lowest BCUT2D eigenvalue weighted by molar-refractivity contribution is 0.411. The van der Waals surface area contributed by atoms with Crippen LogP contribution in [0.2, 0.25) is 0 Å². The Morgan fingerprint density at radius 1 is 0.781 bits per heavy atom. The summed E-state index contributed by atoms with van der Waals surface area (Å²) in [6.07, 6.45) is 0.196. The average Bonchev–Trinajstić information content (AvgIpc) is 3.19. The zero-order valence-electron chi connectivity index (χ0n) is 20.4. The number of benzene rings is 4. The number of hydrogen-bond acceptors (Lipinski definition) is 2. The summed E-state index contributed by atoms with van der Waals surface area (Å²) in [5, 5.41) is 6.87. The maximum absolute atomic E-state index is 8.69. The van der Waals surface area contributed by atoms with Gasteiger partial charge in [0, 0.05) is 25.3 Å². The molecule has 4 aromatic carbocycles. The van der Waals surface area contributed by atoms with Crippen LogP contribution in [0.3, 0.4) is 0 Å². The third-order valence-corrected chi connectivity index (χ3v) is 5.92. The van der Waals surface area contributed by atoms with Crippen LogP contribution in [0.25, 0.3) is 54.7 Å². The van der Waals surface area contributed by atoms with E-state index >= 15 is 0 Å². The van der Waals surface area contributed by atoms with E-state index in [2.05, 4.69) is 59.6 Å². The Balaban J connectivity index is 1.59. The summed E-state index contributed by atoms with van der Waals surface area (Å²) in [7, 11) is 0. The Labute approximate surface area is 190 Å². The van der Waals surface area contributed by atoms with E-state index in [-0.39, 0.29) is 0 Å². The predicted molar refractivity (Wildman–Crippen MR) is 135 cm³/mol. The normalized spacial score (nSPS) is 13.7. The first kappa shape index (κ1) is 17.0. The summed E-state index contributed by atoms with van der Waals surface area (Å²) in [5.41, 5.74) is 3.28. The molecule has 0 unspecified atom stereocenters. The third-order valence-electron chi connectivity index (χ3n) is 5.92. The van der Waals surface area contributed by atoms with Crippen LogP contribution in [0.1, 0.15) is 29.1 Å². The zero-order chi connectivity index (χ0) is 23.7. The highest BCUT2D eigenvalue weighted by Crippen LogP contribution is 2.38. The van der Waals surface area contributed by atoms with Gasteiger partial charge in [-0.3, -0.25) is 4.98 Å². The van der Waals surface area contributed by atoms with Gasteiger partial charge in [-0.25, -0.2) is 0 Å². The topological polar surface area (TPSA) is 26.0 Å². The van der Waals surface area contributed by atoms with Gasteiger partial charge in [0.2, 0.25) is 0 Å². The lowest BCUT2D eigenvalue weighted by Crippen LogP contribution is -2.09. The van der Waals surface area contributed by atoms with Crippen LogP contribution in [-0.2, 0) is 6.37 Å². The number of rotatable bonds is 2. The second-order valence-electron chi connectivity index (χ2n) is 9.45. The van der Waals surface area contributed by atoms with E-state index in [1.54, 1.807) is 12.3 Å². The Hall–Kier alpha value is -3.65. The summed E-state index contributed by atoms with van der Waals surface area (Å²) in [4.78, 5) is 4.59. The number of nitrogens with zero attached hydrogens (tertiary/aromatic N) is 1. The van der Waals surface area contributed by atoms with Gasteiger partial charge in [0.1, 0.15) is 11.2 Å². The smallest absolute Gasteiger partial charge is 0.144 e. The highest BCUT2D eigenvalue weighted by Gasteiger charge is 2.16. The maximum Gasteiger partial charge on any atom is 0.144 e. The van der Waals surface area contributed by atoms with Crippen LogP contribution in [0.5, 0.6) is 0 Å². The van der Waals surface area contributed by atoms with Crippen molar-refractivity contribution in [3.63, 3.8) is 0 Å². The minimum atomic E-state index is -1.49. The van der Waals surface area contributed by atoms with Crippen LogP contribution in [0.15, 0.2) is 89.5 Å². The summed E-state index contributed by atoms with van der Waals surface area (Å²) in [6, 6.07) is 26.8. The number of hydrogen-bond donors (Lipinski definition) is 0. The highest BCUT2D eigenvalue weighted by atomic mass is 16.3. The molecule has 0 amide bonds. The van der Waals surface area contributed by atoms with Gasteiger partial charge in [0.15, 0.2) is 0 Å². The molecule has 6 rings (SSSR count). The van der Waals surface area contributed by atoms with Gasteiger partial charge in [-0.2, -0.15) is 0 Å². The van der Waals surface area contributed by atoms with Crippen molar-refractivity contribution in [1.82, 2.24) is 4.98 Å². The first-order valence-corrected chi connectivity index (χ1v) is 11.0. The molecule has 0 radical (unpaired) electrons. The monoisotopic (exact) mass is 417 g/mol. The molecule has 0 aliphatic rings. The van der Waals surface area contributed by atoms with Crippen molar-refractivity contribution in [2.75, 3.05) is 0 Å². The van der Waals surface area contributed by atoms with Gasteiger partial charge in [-0.15, -0.1) is 0 Å². The van der Waals surface area contributed by atoms with Crippen LogP contribution >= 0.6 is 0 Å². The number of fused-ring (bicyclic) bond motifs is 6. The Kier molecular flexibility index (Phi) is 3.67. The van der Waals surface area contributed by atoms with E-state index in [9.17, 15) is 0 Å². The van der Waals surface area contributed by atoms with Gasteiger partial charge in [-0.05, 0) is 69.2 Å². The first-order chi connectivity index (χ1) is 16.2. The molecule has 32 heavy (non-hydrogen) atoms. The van der Waals surface area contributed by atoms with E-state index in [1.807, 2.05) is 39.0 Å². The summed E-state index contributed by atoms with van der Waals surface area (Å²) in [6.45, 7) is 5.75. The van der Waals surface area contributed by atoms with Crippen molar-refractivity contribution in [2.24, 2.45) is 5.41 Å². The lowest BCUT2D eigenvalue weighted by atomic mass is 9.88. The summed E-state index contributed by atoms with van der Waals surface area (Å²) < 4.78 is 23.8. The highest BCUT2D eigenvalue weighted by molar-refractivity contribution is 6.17. The molecule has 0 aliphatic heterocycles. The molecule has 0 saturated carbocycles. The zero-order valence-corrected chi connectivity index (χ0v) is 18.4. The third kappa shape index (κ3) is 3.15. The number of para-hydroxylation sites is 1. The number of aromatic nitrogens is 1. The lowest BCUT2D eigenvalue weighted by Gasteiger charge is -2.18. The molecule has 0 fully saturated rings. The standard InChI is InChI=1S/C30H25NO/c1-30(2,3)18-19-13-14-31-27(15-19)24-10-6-9-23-26-16-21-12-11-20-7-4-5-8-22(20)25(21)17-28(26)32-29(23)24/h4-17H,18H2,1-3H3/i18D2. The van der Waals surface area contributed by atoms with Gasteiger partial charge >= 0.3 is 0 Å². The van der Waals surface area contributed by atoms with E-state index in [0.29, 0.717) is 11.3 Å². The number of pyridine rings is 1. The van der Waals surface area contributed by atoms with Crippen molar-refractivity contribution in [3.05, 3.63) is 90.6 Å². The quantitative estimate of drug-likeness (QED) is 0.264. The Morgan fingerprint density at radius 3 is 2.47 bits per heavy atom. The average molecular weight is 418 g/mol. The molecular weight excluding hydrogens is 390 g/mol. The Morgan fingerprint density at radius 2 is 1.59 bits per heavy atom. The summed E-state index contributed by atoms with van der Waals surface area (Å²) >= 11 is 0. The molecule has 2 nitrogen and oxygen atoms in total. The van der Waals surface area contributed by atoms with Crippen molar-refractivity contribution < 1.29 is 7.16 Å².